The second kappa shape index (κ2) is 5.89. The third kappa shape index (κ3) is 4.02. The Morgan fingerprint density at radius 3 is 2.20 bits per heavy atom. The van der Waals surface area contributed by atoms with Crippen LogP contribution < -0.4 is 0 Å². The normalized spacial score (nSPS) is 10.0. The van der Waals surface area contributed by atoms with E-state index in [4.69, 9.17) is 23.2 Å². The summed E-state index contributed by atoms with van der Waals surface area (Å²) < 4.78 is 0. The molecule has 0 aliphatic carbocycles. The summed E-state index contributed by atoms with van der Waals surface area (Å²) in [6, 6.07) is 6.84. The summed E-state index contributed by atoms with van der Waals surface area (Å²) in [5, 5.41) is 0.610. The number of alkyl halides is 1. The first-order valence-electron chi connectivity index (χ1n) is 4.50. The number of hydrogen-bond donors (Lipinski definition) is 0. The number of rotatable bonds is 5. The van der Waals surface area contributed by atoms with Gasteiger partial charge in [0.15, 0.2) is 5.78 Å². The molecular weight excluding hydrogens is 235 g/mol. The van der Waals surface area contributed by atoms with Crippen LogP contribution in [0.15, 0.2) is 24.3 Å². The lowest BCUT2D eigenvalue weighted by molar-refractivity contribution is -0.135. The van der Waals surface area contributed by atoms with Gasteiger partial charge in [0.05, 0.1) is 0 Å². The number of Topliss-reactive ketones (excluding diaryl/α,β-unsaturated/α-hetero) is 2. The molecule has 0 radical (unpaired) electrons. The summed E-state index contributed by atoms with van der Waals surface area (Å²) in [6.07, 6.45) is 0.223. The molecule has 1 aromatic carbocycles. The van der Waals surface area contributed by atoms with Crippen LogP contribution >= 0.6 is 23.2 Å². The SMILES string of the molecule is O=C(CCCl)C(=O)Cc1ccc(Cl)cc1. The quantitative estimate of drug-likeness (QED) is 0.590. The van der Waals surface area contributed by atoms with Crippen LogP contribution in [0.25, 0.3) is 0 Å². The maximum absolute atomic E-state index is 11.3. The second-order valence-electron chi connectivity index (χ2n) is 3.09. The zero-order valence-electron chi connectivity index (χ0n) is 8.00. The van der Waals surface area contributed by atoms with E-state index in [0.29, 0.717) is 5.02 Å². The molecule has 80 valence electrons. The molecule has 0 bridgehead atoms. The number of carbonyl (C=O) groups is 2. The minimum atomic E-state index is -0.417. The third-order valence-corrected chi connectivity index (χ3v) is 2.35. The van der Waals surface area contributed by atoms with Crippen molar-refractivity contribution in [1.82, 2.24) is 0 Å². The Hall–Kier alpha value is -0.860. The van der Waals surface area contributed by atoms with E-state index in [1.54, 1.807) is 24.3 Å². The van der Waals surface area contributed by atoms with Gasteiger partial charge in [0.1, 0.15) is 0 Å². The fourth-order valence-electron chi connectivity index (χ4n) is 1.11. The van der Waals surface area contributed by atoms with Crippen LogP contribution in [-0.2, 0) is 16.0 Å². The largest absolute Gasteiger partial charge is 0.291 e. The standard InChI is InChI=1S/C11H10Cl2O2/c12-6-5-10(14)11(15)7-8-1-3-9(13)4-2-8/h1-4H,5-7H2. The Balaban J connectivity index is 2.58. The molecule has 15 heavy (non-hydrogen) atoms. The molecule has 4 heteroatoms. The van der Waals surface area contributed by atoms with E-state index in [9.17, 15) is 9.59 Å². The molecule has 0 aliphatic heterocycles. The highest BCUT2D eigenvalue weighted by Crippen LogP contribution is 2.10. The van der Waals surface area contributed by atoms with E-state index in [0.717, 1.165) is 5.56 Å². The number of halogens is 2. The van der Waals surface area contributed by atoms with Crippen molar-refractivity contribution in [3.8, 4) is 0 Å². The predicted octanol–water partition coefficient (Wildman–Crippen LogP) is 2.65. The van der Waals surface area contributed by atoms with Gasteiger partial charge in [-0.1, -0.05) is 23.7 Å². The van der Waals surface area contributed by atoms with Crippen molar-refractivity contribution in [1.29, 1.82) is 0 Å². The first-order chi connectivity index (χ1) is 7.13. The van der Waals surface area contributed by atoms with Crippen molar-refractivity contribution in [2.75, 3.05) is 5.88 Å². The van der Waals surface area contributed by atoms with Gasteiger partial charge in [-0.05, 0) is 17.7 Å². The molecule has 1 aromatic rings. The van der Waals surface area contributed by atoms with Gasteiger partial charge in [-0.3, -0.25) is 9.59 Å². The number of ketones is 2. The van der Waals surface area contributed by atoms with Crippen LogP contribution in [0.1, 0.15) is 12.0 Å². The maximum Gasteiger partial charge on any atom is 0.202 e. The van der Waals surface area contributed by atoms with Crippen LogP contribution in [0.3, 0.4) is 0 Å². The predicted molar refractivity (Wildman–Crippen MR) is 60.5 cm³/mol. The Labute approximate surface area is 98.2 Å². The van der Waals surface area contributed by atoms with E-state index in [2.05, 4.69) is 0 Å². The van der Waals surface area contributed by atoms with E-state index in [-0.39, 0.29) is 18.7 Å². The average Bonchev–Trinajstić information content (AvgIpc) is 2.22. The lowest BCUT2D eigenvalue weighted by Gasteiger charge is -1.99. The minimum absolute atomic E-state index is 0.105. The monoisotopic (exact) mass is 244 g/mol. The van der Waals surface area contributed by atoms with Crippen molar-refractivity contribution >= 4 is 34.8 Å². The summed E-state index contributed by atoms with van der Waals surface area (Å²) in [7, 11) is 0. The van der Waals surface area contributed by atoms with Gasteiger partial charge in [0.2, 0.25) is 5.78 Å². The fourth-order valence-corrected chi connectivity index (χ4v) is 1.41. The average molecular weight is 245 g/mol. The van der Waals surface area contributed by atoms with Gasteiger partial charge in [0, 0.05) is 23.7 Å². The second-order valence-corrected chi connectivity index (χ2v) is 3.90. The fraction of sp³-hybridized carbons (Fsp3) is 0.273. The molecule has 1 rings (SSSR count). The zero-order chi connectivity index (χ0) is 11.3. The van der Waals surface area contributed by atoms with Gasteiger partial charge in [-0.2, -0.15) is 0 Å². The molecule has 0 saturated carbocycles. The highest BCUT2D eigenvalue weighted by atomic mass is 35.5. The van der Waals surface area contributed by atoms with Gasteiger partial charge in [-0.15, -0.1) is 11.6 Å². The Kier molecular flexibility index (Phi) is 4.79. The molecular formula is C11H10Cl2O2. The number of benzene rings is 1. The highest BCUT2D eigenvalue weighted by Gasteiger charge is 2.12. The minimum Gasteiger partial charge on any atom is -0.291 e. The van der Waals surface area contributed by atoms with E-state index in [1.165, 1.54) is 0 Å². The van der Waals surface area contributed by atoms with E-state index >= 15 is 0 Å². The Morgan fingerprint density at radius 2 is 1.67 bits per heavy atom. The van der Waals surface area contributed by atoms with Gasteiger partial charge < -0.3 is 0 Å². The third-order valence-electron chi connectivity index (χ3n) is 1.91. The number of carbonyl (C=O) groups excluding carboxylic acids is 2. The van der Waals surface area contributed by atoms with Crippen molar-refractivity contribution in [2.45, 2.75) is 12.8 Å². The maximum atomic E-state index is 11.3. The summed E-state index contributed by atoms with van der Waals surface area (Å²) in [4.78, 5) is 22.5. The van der Waals surface area contributed by atoms with Gasteiger partial charge in [-0.25, -0.2) is 0 Å². The first-order valence-corrected chi connectivity index (χ1v) is 5.41. The summed E-state index contributed by atoms with van der Waals surface area (Å²) in [6.45, 7) is 0. The molecule has 0 fully saturated rings. The lowest BCUT2D eigenvalue weighted by atomic mass is 10.1. The summed E-state index contributed by atoms with van der Waals surface area (Å²) in [5.74, 6) is -0.636. The smallest absolute Gasteiger partial charge is 0.202 e. The molecule has 0 unspecified atom stereocenters. The summed E-state index contributed by atoms with van der Waals surface area (Å²) in [5.41, 5.74) is 0.785. The van der Waals surface area contributed by atoms with Crippen molar-refractivity contribution in [3.63, 3.8) is 0 Å². The Bertz CT molecular complexity index is 357. The first kappa shape index (κ1) is 12.2. The Morgan fingerprint density at radius 1 is 1.07 bits per heavy atom. The number of hydrogen-bond acceptors (Lipinski definition) is 2. The lowest BCUT2D eigenvalue weighted by Crippen LogP contribution is -2.16. The molecule has 2 nitrogen and oxygen atoms in total. The molecule has 0 amide bonds. The van der Waals surface area contributed by atoms with Crippen LogP contribution in [0.2, 0.25) is 5.02 Å². The molecule has 0 spiro atoms. The van der Waals surface area contributed by atoms with Crippen LogP contribution in [-0.4, -0.2) is 17.4 Å². The van der Waals surface area contributed by atoms with Crippen molar-refractivity contribution < 1.29 is 9.59 Å². The molecule has 0 atom stereocenters. The molecule has 0 N–H and O–H groups in total. The molecule has 0 heterocycles. The molecule has 0 aromatic heterocycles. The zero-order valence-corrected chi connectivity index (χ0v) is 9.52. The van der Waals surface area contributed by atoms with Crippen LogP contribution in [0.5, 0.6) is 0 Å². The summed E-state index contributed by atoms with van der Waals surface area (Å²) >= 11 is 11.1. The topological polar surface area (TPSA) is 34.1 Å². The van der Waals surface area contributed by atoms with E-state index in [1.807, 2.05) is 0 Å². The van der Waals surface area contributed by atoms with Crippen LogP contribution in [0, 0.1) is 0 Å². The van der Waals surface area contributed by atoms with Gasteiger partial charge >= 0.3 is 0 Å². The van der Waals surface area contributed by atoms with E-state index < -0.39 is 11.6 Å². The molecule has 0 saturated heterocycles. The van der Waals surface area contributed by atoms with Gasteiger partial charge in [0.25, 0.3) is 0 Å². The van der Waals surface area contributed by atoms with Crippen molar-refractivity contribution in [3.05, 3.63) is 34.9 Å². The molecule has 0 aliphatic rings. The van der Waals surface area contributed by atoms with Crippen molar-refractivity contribution in [2.24, 2.45) is 0 Å². The van der Waals surface area contributed by atoms with Crippen LogP contribution in [0.4, 0.5) is 0 Å². The highest BCUT2D eigenvalue weighted by molar-refractivity contribution is 6.38.